The zero-order valence-electron chi connectivity index (χ0n) is 24.3. The minimum absolute atomic E-state index is 0.111. The molecule has 0 aliphatic heterocycles. The molecule has 0 saturated heterocycles. The third-order valence-corrected chi connectivity index (χ3v) is 7.82. The van der Waals surface area contributed by atoms with Gasteiger partial charge in [-0.15, -0.1) is 0 Å². The summed E-state index contributed by atoms with van der Waals surface area (Å²) in [6.07, 6.45) is 5.47. The van der Waals surface area contributed by atoms with E-state index in [2.05, 4.69) is 44.8 Å². The van der Waals surface area contributed by atoms with Crippen LogP contribution in [0.25, 0.3) is 21.9 Å². The number of nitrogens with zero attached hydrogens (tertiary/aromatic N) is 3. The molecule has 4 rings (SSSR count). The number of para-hydroxylation sites is 1. The van der Waals surface area contributed by atoms with Gasteiger partial charge < -0.3 is 24.7 Å². The molecule has 0 atom stereocenters. The topological polar surface area (TPSA) is 153 Å². The lowest BCUT2D eigenvalue weighted by molar-refractivity contribution is 0.126. The lowest BCUT2D eigenvalue weighted by atomic mass is 9.80. The van der Waals surface area contributed by atoms with Crippen LogP contribution in [0.5, 0.6) is 11.5 Å². The molecule has 4 aromatic rings. The summed E-state index contributed by atoms with van der Waals surface area (Å²) in [5.74, 6) is 0.499. The van der Waals surface area contributed by atoms with Crippen molar-refractivity contribution < 1.29 is 28.7 Å². The summed E-state index contributed by atoms with van der Waals surface area (Å²) in [5, 5.41) is 11.8. The normalized spacial score (nSPS) is 12.4. The van der Waals surface area contributed by atoms with Crippen LogP contribution >= 0.6 is 7.82 Å². The van der Waals surface area contributed by atoms with Crippen molar-refractivity contribution in [3.8, 4) is 11.5 Å². The molecule has 2 heterocycles. The summed E-state index contributed by atoms with van der Waals surface area (Å²) in [4.78, 5) is 28.1. The first-order valence-corrected chi connectivity index (χ1v) is 15.7. The summed E-state index contributed by atoms with van der Waals surface area (Å²) in [6, 6.07) is 10.8. The predicted octanol–water partition coefficient (Wildman–Crippen LogP) is 6.22. The number of phenolic OH excluding ortho intramolecular Hbond substituents is 1. The van der Waals surface area contributed by atoms with E-state index in [0.29, 0.717) is 23.3 Å². The van der Waals surface area contributed by atoms with Crippen LogP contribution < -0.4 is 10.3 Å². The molecule has 0 radical (unpaired) electrons. The van der Waals surface area contributed by atoms with E-state index in [1.165, 1.54) is 6.07 Å². The number of rotatable bonds is 14. The van der Waals surface area contributed by atoms with E-state index in [0.717, 1.165) is 73.1 Å². The van der Waals surface area contributed by atoms with E-state index in [4.69, 9.17) is 20.0 Å². The van der Waals surface area contributed by atoms with Gasteiger partial charge in [0.25, 0.3) is 0 Å². The zero-order valence-corrected chi connectivity index (χ0v) is 25.2. The Bertz CT molecular complexity index is 1560. The van der Waals surface area contributed by atoms with E-state index in [-0.39, 0.29) is 23.5 Å². The van der Waals surface area contributed by atoms with E-state index < -0.39 is 7.82 Å². The molecule has 0 amide bonds. The number of aromatic hydroxyl groups is 1. The van der Waals surface area contributed by atoms with Crippen molar-refractivity contribution in [3.63, 3.8) is 0 Å². The number of aromatic nitrogens is 3. The van der Waals surface area contributed by atoms with Crippen molar-refractivity contribution in [2.75, 3.05) is 18.9 Å². The fourth-order valence-electron chi connectivity index (χ4n) is 5.15. The number of hydrogen-bond donors (Lipinski definition) is 4. The molecule has 10 nitrogen and oxygen atoms in total. The van der Waals surface area contributed by atoms with Gasteiger partial charge in [-0.3, -0.25) is 9.79 Å². The zero-order chi connectivity index (χ0) is 29.8. The lowest BCUT2D eigenvalue weighted by Gasteiger charge is -2.26. The highest BCUT2D eigenvalue weighted by Crippen LogP contribution is 2.43. The first-order chi connectivity index (χ1) is 19.4. The fraction of sp³-hybridized carbons (Fsp3) is 0.467. The number of imidazole rings is 1. The molecule has 2 aromatic carbocycles. The van der Waals surface area contributed by atoms with Gasteiger partial charge in [0.05, 0.1) is 17.6 Å². The van der Waals surface area contributed by atoms with Crippen molar-refractivity contribution in [2.45, 2.75) is 78.2 Å². The van der Waals surface area contributed by atoms with Crippen LogP contribution in [0.2, 0.25) is 0 Å². The van der Waals surface area contributed by atoms with Crippen LogP contribution in [0.3, 0.4) is 0 Å². The highest BCUT2D eigenvalue weighted by atomic mass is 31.2. The van der Waals surface area contributed by atoms with Crippen LogP contribution in [0, 0.1) is 0 Å². The van der Waals surface area contributed by atoms with Gasteiger partial charge >= 0.3 is 7.82 Å². The Morgan fingerprint density at radius 2 is 1.83 bits per heavy atom. The Hall–Kier alpha value is -3.17. The number of unbranched alkanes of at least 4 members (excludes halogenated alkanes) is 1. The maximum atomic E-state index is 11.5. The molecule has 222 valence electrons. The number of phosphoric acid groups is 1. The summed E-state index contributed by atoms with van der Waals surface area (Å²) in [7, 11) is -4.86. The first-order valence-electron chi connectivity index (χ1n) is 14.2. The highest BCUT2D eigenvalue weighted by Gasteiger charge is 2.25. The second-order valence-electron chi connectivity index (χ2n) is 11.1. The molecule has 11 heteroatoms. The van der Waals surface area contributed by atoms with Gasteiger partial charge in [-0.2, -0.15) is 0 Å². The van der Waals surface area contributed by atoms with E-state index in [9.17, 15) is 19.5 Å². The largest absolute Gasteiger partial charge is 0.524 e. The molecule has 0 fully saturated rings. The molecule has 0 aliphatic rings. The molecular weight excluding hydrogens is 543 g/mol. The smallest absolute Gasteiger partial charge is 0.504 e. The molecule has 0 aliphatic carbocycles. The van der Waals surface area contributed by atoms with Gasteiger partial charge in [-0.25, -0.2) is 14.5 Å². The van der Waals surface area contributed by atoms with Gasteiger partial charge in [0.15, 0.2) is 17.3 Å². The Morgan fingerprint density at radius 3 is 2.54 bits per heavy atom. The molecular formula is C30H41N4O6P. The molecule has 0 unspecified atom stereocenters. The van der Waals surface area contributed by atoms with Crippen LogP contribution in [0.1, 0.15) is 76.8 Å². The summed E-state index contributed by atoms with van der Waals surface area (Å²) in [5.41, 5.74) is 10.0. The quantitative estimate of drug-likeness (QED) is 0.0999. The van der Waals surface area contributed by atoms with Gasteiger partial charge in [-0.1, -0.05) is 52.3 Å². The Kier molecular flexibility index (Phi) is 9.59. The molecule has 5 N–H and O–H groups in total. The Labute approximate surface area is 240 Å². The second-order valence-corrected chi connectivity index (χ2v) is 12.3. The number of benzene rings is 2. The number of nitrogen functional groups attached to an aromatic ring is 1. The minimum Gasteiger partial charge on any atom is -0.504 e. The Balaban J connectivity index is 1.83. The van der Waals surface area contributed by atoms with Crippen molar-refractivity contribution in [1.29, 1.82) is 0 Å². The molecule has 2 aromatic heterocycles. The first kappa shape index (κ1) is 30.8. The number of hydrogen-bond acceptors (Lipinski definition) is 7. The van der Waals surface area contributed by atoms with Crippen LogP contribution in [0.4, 0.5) is 5.82 Å². The van der Waals surface area contributed by atoms with Crippen molar-refractivity contribution >= 4 is 35.6 Å². The third kappa shape index (κ3) is 7.19. The number of phosphoric ester groups is 1. The number of ether oxygens (including phenoxy) is 1. The van der Waals surface area contributed by atoms with Gasteiger partial charge in [0, 0.05) is 30.6 Å². The standard InChI is InChI=1S/C30H41N4O6P/c1-5-7-12-25-33-26-27(34(25)19-20-10-8-11-24(28(20)35)40-41(36,37)38)22-18-21(13-14-23(22)32-29(26)31)30(3,4)15-9-17-39-16-6-2/h8,10-11,13-14,18,35H,5-7,9,12,15-17,19H2,1-4H3,(H2,31,32)(H2,36,37,38). The highest BCUT2D eigenvalue weighted by molar-refractivity contribution is 7.46. The van der Waals surface area contributed by atoms with E-state index in [1.807, 2.05) is 10.6 Å². The van der Waals surface area contributed by atoms with Crippen molar-refractivity contribution in [2.24, 2.45) is 0 Å². The summed E-state index contributed by atoms with van der Waals surface area (Å²) < 4.78 is 23.9. The third-order valence-electron chi connectivity index (χ3n) is 7.38. The second kappa shape index (κ2) is 12.8. The molecule has 0 bridgehead atoms. The van der Waals surface area contributed by atoms with Crippen molar-refractivity contribution in [3.05, 3.63) is 53.3 Å². The maximum absolute atomic E-state index is 11.5. The van der Waals surface area contributed by atoms with Crippen LogP contribution in [-0.4, -0.2) is 42.6 Å². The van der Waals surface area contributed by atoms with Gasteiger partial charge in [0.2, 0.25) is 0 Å². The number of pyridine rings is 1. The van der Waals surface area contributed by atoms with Crippen molar-refractivity contribution in [1.82, 2.24) is 14.5 Å². The number of aryl methyl sites for hydroxylation is 1. The molecule has 41 heavy (non-hydrogen) atoms. The number of anilines is 1. The molecule has 0 spiro atoms. The van der Waals surface area contributed by atoms with Gasteiger partial charge in [0.1, 0.15) is 11.3 Å². The predicted molar refractivity (Wildman–Crippen MR) is 161 cm³/mol. The van der Waals surface area contributed by atoms with Crippen LogP contribution in [-0.2, 0) is 27.7 Å². The summed E-state index contributed by atoms with van der Waals surface area (Å²) in [6.45, 7) is 10.4. The minimum atomic E-state index is -4.86. The molecule has 0 saturated carbocycles. The average molecular weight is 585 g/mol. The SMILES string of the molecule is CCCCc1nc2c(N)nc3ccc(C(C)(C)CCCOCCC)cc3c2n1Cc1cccc(OP(=O)(O)O)c1O. The number of phenols is 1. The fourth-order valence-corrected chi connectivity index (χ4v) is 5.55. The monoisotopic (exact) mass is 584 g/mol. The van der Waals surface area contributed by atoms with Crippen LogP contribution in [0.15, 0.2) is 36.4 Å². The van der Waals surface area contributed by atoms with E-state index in [1.54, 1.807) is 12.1 Å². The average Bonchev–Trinajstić information content (AvgIpc) is 3.27. The maximum Gasteiger partial charge on any atom is 0.524 e. The Morgan fingerprint density at radius 1 is 1.05 bits per heavy atom. The van der Waals surface area contributed by atoms with Gasteiger partial charge in [-0.05, 0) is 54.9 Å². The number of nitrogens with two attached hydrogens (primary N) is 1. The van der Waals surface area contributed by atoms with E-state index >= 15 is 0 Å². The lowest BCUT2D eigenvalue weighted by Crippen LogP contribution is -2.18. The summed E-state index contributed by atoms with van der Waals surface area (Å²) >= 11 is 0. The number of fused-ring (bicyclic) bond motifs is 3.